The van der Waals surface area contributed by atoms with E-state index in [1.165, 1.54) is 47.4 Å². The molecule has 2 aromatic carbocycles. The summed E-state index contributed by atoms with van der Waals surface area (Å²) in [4.78, 5) is 7.34. The zero-order chi connectivity index (χ0) is 22.9. The third-order valence-corrected chi connectivity index (χ3v) is 7.23. The van der Waals surface area contributed by atoms with E-state index in [0.29, 0.717) is 12.5 Å². The van der Waals surface area contributed by atoms with E-state index >= 15 is 0 Å². The van der Waals surface area contributed by atoms with Crippen molar-refractivity contribution in [2.24, 2.45) is 0 Å². The maximum Gasteiger partial charge on any atom is 0.119 e. The molecular formula is C28H37N3OS. The van der Waals surface area contributed by atoms with Gasteiger partial charge in [-0.25, -0.2) is 4.98 Å². The molecule has 0 saturated carbocycles. The Kier molecular flexibility index (Phi) is 8.93. The van der Waals surface area contributed by atoms with Gasteiger partial charge in [0.15, 0.2) is 0 Å². The first-order valence-electron chi connectivity index (χ1n) is 12.4. The molecule has 0 atom stereocenters. The van der Waals surface area contributed by atoms with Crippen molar-refractivity contribution < 1.29 is 4.74 Å². The molecule has 4 nitrogen and oxygen atoms in total. The average molecular weight is 464 g/mol. The Morgan fingerprint density at radius 3 is 2.33 bits per heavy atom. The first-order chi connectivity index (χ1) is 16.2. The second-order valence-corrected chi connectivity index (χ2v) is 9.92. The quantitative estimate of drug-likeness (QED) is 0.353. The van der Waals surface area contributed by atoms with Crippen LogP contribution in [0.5, 0.6) is 5.75 Å². The van der Waals surface area contributed by atoms with Gasteiger partial charge >= 0.3 is 0 Å². The monoisotopic (exact) mass is 463 g/mol. The second kappa shape index (κ2) is 12.3. The minimum atomic E-state index is 0.582. The number of hydrogen-bond donors (Lipinski definition) is 1. The molecule has 0 aliphatic carbocycles. The van der Waals surface area contributed by atoms with Gasteiger partial charge in [0, 0.05) is 37.1 Å². The van der Waals surface area contributed by atoms with Crippen LogP contribution in [0.2, 0.25) is 0 Å². The van der Waals surface area contributed by atoms with Gasteiger partial charge in [-0.2, -0.15) is 0 Å². The van der Waals surface area contributed by atoms with Crippen LogP contribution in [0.25, 0.3) is 11.3 Å². The van der Waals surface area contributed by atoms with Crippen LogP contribution in [0.1, 0.15) is 61.6 Å². The van der Waals surface area contributed by atoms with E-state index in [0.717, 1.165) is 44.2 Å². The van der Waals surface area contributed by atoms with Gasteiger partial charge in [0.05, 0.1) is 12.2 Å². The van der Waals surface area contributed by atoms with Crippen molar-refractivity contribution in [3.05, 3.63) is 70.0 Å². The Balaban J connectivity index is 1.30. The molecule has 0 amide bonds. The summed E-state index contributed by atoms with van der Waals surface area (Å²) in [6.45, 7) is 10.4. The van der Waals surface area contributed by atoms with Crippen LogP contribution in [0, 0.1) is 0 Å². The number of benzene rings is 2. The minimum absolute atomic E-state index is 0.582. The molecule has 0 radical (unpaired) electrons. The molecule has 176 valence electrons. The fraction of sp³-hybridized carbons (Fsp3) is 0.464. The van der Waals surface area contributed by atoms with E-state index in [-0.39, 0.29) is 0 Å². The number of nitrogens with zero attached hydrogens (tertiary/aromatic N) is 2. The number of ether oxygens (including phenoxy) is 1. The Hall–Kier alpha value is -2.21. The summed E-state index contributed by atoms with van der Waals surface area (Å²) in [5, 5.41) is 6.78. The standard InChI is InChI=1S/C28H37N3OS/c1-3-5-23(6-4-2)24-11-13-26(14-12-24)32-20-22-7-9-25(10-8-22)27-21-33-28(30-27)19-31-17-15-29-16-18-31/h7-14,21,23,29H,3-6,15-20H2,1-2H3. The number of rotatable bonds is 11. The third-order valence-electron chi connectivity index (χ3n) is 6.40. The summed E-state index contributed by atoms with van der Waals surface area (Å²) < 4.78 is 6.06. The molecule has 1 aliphatic rings. The van der Waals surface area contributed by atoms with E-state index in [9.17, 15) is 0 Å². The number of piperazine rings is 1. The first kappa shape index (κ1) is 23.9. The maximum atomic E-state index is 6.06. The van der Waals surface area contributed by atoms with Crippen LogP contribution in [0.3, 0.4) is 0 Å². The molecule has 0 bridgehead atoms. The number of hydrogen-bond acceptors (Lipinski definition) is 5. The molecule has 0 unspecified atom stereocenters. The molecule has 1 N–H and O–H groups in total. The predicted octanol–water partition coefficient (Wildman–Crippen LogP) is 6.48. The van der Waals surface area contributed by atoms with Crippen LogP contribution in [-0.2, 0) is 13.2 Å². The van der Waals surface area contributed by atoms with E-state index in [4.69, 9.17) is 9.72 Å². The van der Waals surface area contributed by atoms with Gasteiger partial charge in [0.25, 0.3) is 0 Å². The predicted molar refractivity (Wildman–Crippen MR) is 139 cm³/mol. The Morgan fingerprint density at radius 1 is 0.970 bits per heavy atom. The highest BCUT2D eigenvalue weighted by Crippen LogP contribution is 2.28. The molecule has 1 aromatic heterocycles. The SMILES string of the molecule is CCCC(CCC)c1ccc(OCc2ccc(-c3csc(CN4CCNCC4)n3)cc2)cc1. The van der Waals surface area contributed by atoms with E-state index in [1.807, 2.05) is 0 Å². The van der Waals surface area contributed by atoms with Gasteiger partial charge in [0.1, 0.15) is 17.4 Å². The van der Waals surface area contributed by atoms with Crippen molar-refractivity contribution in [1.29, 1.82) is 0 Å². The van der Waals surface area contributed by atoms with Gasteiger partial charge in [-0.05, 0) is 42.0 Å². The van der Waals surface area contributed by atoms with E-state index in [1.54, 1.807) is 11.3 Å². The average Bonchev–Trinajstić information content (AvgIpc) is 3.32. The summed E-state index contributed by atoms with van der Waals surface area (Å²) in [5.74, 6) is 1.61. The topological polar surface area (TPSA) is 37.4 Å². The molecule has 0 spiro atoms. The number of nitrogens with one attached hydrogen (secondary N) is 1. The molecule has 4 rings (SSSR count). The Morgan fingerprint density at radius 2 is 1.67 bits per heavy atom. The van der Waals surface area contributed by atoms with Crippen LogP contribution in [-0.4, -0.2) is 36.1 Å². The van der Waals surface area contributed by atoms with Gasteiger partial charge in [-0.15, -0.1) is 11.3 Å². The summed E-state index contributed by atoms with van der Waals surface area (Å²) in [6, 6.07) is 17.4. The third kappa shape index (κ3) is 6.89. The summed E-state index contributed by atoms with van der Waals surface area (Å²) in [7, 11) is 0. The summed E-state index contributed by atoms with van der Waals surface area (Å²) >= 11 is 1.76. The Labute approximate surface area is 203 Å². The lowest BCUT2D eigenvalue weighted by Gasteiger charge is -2.26. The van der Waals surface area contributed by atoms with E-state index in [2.05, 4.69) is 78.0 Å². The van der Waals surface area contributed by atoms with Crippen molar-refractivity contribution in [3.63, 3.8) is 0 Å². The second-order valence-electron chi connectivity index (χ2n) is 8.98. The lowest BCUT2D eigenvalue weighted by atomic mass is 9.90. The van der Waals surface area contributed by atoms with Crippen LogP contribution >= 0.6 is 11.3 Å². The van der Waals surface area contributed by atoms with Gasteiger partial charge in [-0.1, -0.05) is 63.1 Å². The first-order valence-corrected chi connectivity index (χ1v) is 13.3. The number of thiazole rings is 1. The van der Waals surface area contributed by atoms with E-state index < -0.39 is 0 Å². The largest absolute Gasteiger partial charge is 0.489 e. The van der Waals surface area contributed by atoms with Gasteiger partial charge in [-0.3, -0.25) is 4.90 Å². The summed E-state index contributed by atoms with van der Waals surface area (Å²) in [5.41, 5.74) is 4.86. The minimum Gasteiger partial charge on any atom is -0.489 e. The van der Waals surface area contributed by atoms with Crippen LogP contribution < -0.4 is 10.1 Å². The molecule has 3 aromatic rings. The smallest absolute Gasteiger partial charge is 0.119 e. The molecule has 1 aliphatic heterocycles. The normalized spacial score (nSPS) is 14.6. The molecule has 33 heavy (non-hydrogen) atoms. The molecule has 1 fully saturated rings. The van der Waals surface area contributed by atoms with Crippen molar-refractivity contribution >= 4 is 11.3 Å². The van der Waals surface area contributed by atoms with Crippen molar-refractivity contribution in [2.75, 3.05) is 26.2 Å². The lowest BCUT2D eigenvalue weighted by Crippen LogP contribution is -2.42. The molecule has 1 saturated heterocycles. The zero-order valence-electron chi connectivity index (χ0n) is 20.1. The van der Waals surface area contributed by atoms with Crippen LogP contribution in [0.15, 0.2) is 53.9 Å². The zero-order valence-corrected chi connectivity index (χ0v) is 20.9. The van der Waals surface area contributed by atoms with Crippen molar-refractivity contribution in [2.45, 2.75) is 58.6 Å². The lowest BCUT2D eigenvalue weighted by molar-refractivity contribution is 0.233. The molecule has 2 heterocycles. The van der Waals surface area contributed by atoms with Crippen LogP contribution in [0.4, 0.5) is 0 Å². The fourth-order valence-electron chi connectivity index (χ4n) is 4.53. The molecule has 5 heteroatoms. The van der Waals surface area contributed by atoms with Gasteiger partial charge < -0.3 is 10.1 Å². The number of aromatic nitrogens is 1. The Bertz CT molecular complexity index is 956. The summed E-state index contributed by atoms with van der Waals surface area (Å²) in [6.07, 6.45) is 4.99. The fourth-order valence-corrected chi connectivity index (χ4v) is 5.37. The maximum absolute atomic E-state index is 6.06. The van der Waals surface area contributed by atoms with Gasteiger partial charge in [0.2, 0.25) is 0 Å². The highest BCUT2D eigenvalue weighted by molar-refractivity contribution is 7.09. The van der Waals surface area contributed by atoms with Crippen molar-refractivity contribution in [1.82, 2.24) is 15.2 Å². The highest BCUT2D eigenvalue weighted by atomic mass is 32.1. The highest BCUT2D eigenvalue weighted by Gasteiger charge is 2.13. The van der Waals surface area contributed by atoms with Crippen molar-refractivity contribution in [3.8, 4) is 17.0 Å². The molecular weight excluding hydrogens is 426 g/mol.